The van der Waals surface area contributed by atoms with Gasteiger partial charge in [0, 0.05) is 33.5 Å². The normalized spacial score (nSPS) is 10.3. The number of halogens is 2. The van der Waals surface area contributed by atoms with Gasteiger partial charge in [-0.05, 0) is 68.9 Å². The fourth-order valence-corrected chi connectivity index (χ4v) is 2.50. The summed E-state index contributed by atoms with van der Waals surface area (Å²) in [6.45, 7) is 1.39. The summed E-state index contributed by atoms with van der Waals surface area (Å²) in [5.41, 5.74) is 0.675. The summed E-state index contributed by atoms with van der Waals surface area (Å²) < 4.78 is 3.90. The van der Waals surface area contributed by atoms with Crippen LogP contribution in [0.3, 0.4) is 0 Å². The summed E-state index contributed by atoms with van der Waals surface area (Å²) in [6, 6.07) is 9.66. The molecule has 0 aliphatic heterocycles. The Morgan fingerprint density at radius 2 is 2.06 bits per heavy atom. The van der Waals surface area contributed by atoms with E-state index < -0.39 is 0 Å². The van der Waals surface area contributed by atoms with Crippen molar-refractivity contribution >= 4 is 44.4 Å². The van der Waals surface area contributed by atoms with Crippen molar-refractivity contribution in [1.82, 2.24) is 9.88 Å². The van der Waals surface area contributed by atoms with Gasteiger partial charge in [0.2, 0.25) is 0 Å². The summed E-state index contributed by atoms with van der Waals surface area (Å²) in [5.74, 6) is -0.0486. The number of nitrogens with zero attached hydrogens (tertiary/aromatic N) is 1. The minimum Gasteiger partial charge on any atom is -0.353 e. The molecule has 1 amide bonds. The number of rotatable bonds is 4. The van der Waals surface area contributed by atoms with Gasteiger partial charge < -0.3 is 9.88 Å². The highest BCUT2D eigenvalue weighted by Crippen LogP contribution is 2.19. The molecule has 1 heterocycles. The van der Waals surface area contributed by atoms with Gasteiger partial charge in [0.1, 0.15) is 0 Å². The number of aromatic nitrogens is 1. The van der Waals surface area contributed by atoms with Crippen LogP contribution < -0.4 is 5.32 Å². The van der Waals surface area contributed by atoms with E-state index in [9.17, 15) is 4.79 Å². The van der Waals surface area contributed by atoms with Gasteiger partial charge in [-0.15, -0.1) is 0 Å². The lowest BCUT2D eigenvalue weighted by Crippen LogP contribution is -2.27. The van der Waals surface area contributed by atoms with Gasteiger partial charge in [-0.3, -0.25) is 4.79 Å². The number of amides is 1. The van der Waals surface area contributed by atoms with Crippen LogP contribution in [0.1, 0.15) is 10.4 Å². The Morgan fingerprint density at radius 3 is 2.78 bits per heavy atom. The number of nitrogens with one attached hydrogen (secondary N) is 1. The van der Waals surface area contributed by atoms with Crippen LogP contribution in [-0.4, -0.2) is 17.0 Å². The van der Waals surface area contributed by atoms with Crippen LogP contribution in [0.2, 0.25) is 0 Å². The van der Waals surface area contributed by atoms with E-state index in [0.29, 0.717) is 12.1 Å². The zero-order chi connectivity index (χ0) is 13.0. The zero-order valence-electron chi connectivity index (χ0n) is 9.57. The second-order valence-corrected chi connectivity index (χ2v) is 5.90. The third-order valence-electron chi connectivity index (χ3n) is 2.49. The topological polar surface area (TPSA) is 34.0 Å². The SMILES string of the molecule is O=C(NCCn1cccc1)c1cc(I)ccc1Br. The average Bonchev–Trinajstić information content (AvgIpc) is 2.85. The molecule has 0 unspecified atom stereocenters. The van der Waals surface area contributed by atoms with Crippen molar-refractivity contribution in [3.8, 4) is 0 Å². The second-order valence-electron chi connectivity index (χ2n) is 3.80. The van der Waals surface area contributed by atoms with Crippen molar-refractivity contribution < 1.29 is 4.79 Å². The molecule has 94 valence electrons. The molecule has 0 saturated heterocycles. The second kappa shape index (κ2) is 6.38. The molecule has 1 N–H and O–H groups in total. The number of carbonyl (C=O) groups excluding carboxylic acids is 1. The molecule has 1 aromatic heterocycles. The smallest absolute Gasteiger partial charge is 0.252 e. The van der Waals surface area contributed by atoms with Gasteiger partial charge in [0.25, 0.3) is 5.91 Å². The lowest BCUT2D eigenvalue weighted by molar-refractivity contribution is 0.0951. The molecule has 1 aromatic carbocycles. The number of carbonyl (C=O) groups is 1. The molecule has 18 heavy (non-hydrogen) atoms. The monoisotopic (exact) mass is 418 g/mol. The average molecular weight is 419 g/mol. The molecule has 0 atom stereocenters. The van der Waals surface area contributed by atoms with Gasteiger partial charge in [-0.2, -0.15) is 0 Å². The molecule has 2 aromatic rings. The van der Waals surface area contributed by atoms with E-state index in [0.717, 1.165) is 14.6 Å². The largest absolute Gasteiger partial charge is 0.353 e. The Kier molecular flexibility index (Phi) is 4.82. The fourth-order valence-electron chi connectivity index (χ4n) is 1.58. The Hall–Kier alpha value is -0.820. The quantitative estimate of drug-likeness (QED) is 0.759. The third kappa shape index (κ3) is 3.58. The predicted octanol–water partition coefficient (Wildman–Crippen LogP) is 3.29. The maximum atomic E-state index is 12.0. The van der Waals surface area contributed by atoms with Crippen LogP contribution >= 0.6 is 38.5 Å². The van der Waals surface area contributed by atoms with E-state index in [1.807, 2.05) is 47.3 Å². The van der Waals surface area contributed by atoms with Crippen molar-refractivity contribution in [3.05, 3.63) is 56.3 Å². The lowest BCUT2D eigenvalue weighted by Gasteiger charge is -2.08. The van der Waals surface area contributed by atoms with Gasteiger partial charge >= 0.3 is 0 Å². The van der Waals surface area contributed by atoms with Crippen LogP contribution in [-0.2, 0) is 6.54 Å². The molecule has 5 heteroatoms. The summed E-state index contributed by atoms with van der Waals surface area (Å²) in [4.78, 5) is 12.0. The first-order valence-corrected chi connectivity index (χ1v) is 7.38. The summed E-state index contributed by atoms with van der Waals surface area (Å²) >= 11 is 5.59. The maximum Gasteiger partial charge on any atom is 0.252 e. The summed E-state index contributed by atoms with van der Waals surface area (Å²) in [5, 5.41) is 2.91. The Balaban J connectivity index is 1.93. The zero-order valence-corrected chi connectivity index (χ0v) is 13.3. The van der Waals surface area contributed by atoms with E-state index in [4.69, 9.17) is 0 Å². The summed E-state index contributed by atoms with van der Waals surface area (Å²) in [7, 11) is 0. The molecule has 0 aliphatic carbocycles. The Bertz CT molecular complexity index is 540. The Morgan fingerprint density at radius 1 is 1.33 bits per heavy atom. The standard InChI is InChI=1S/C13H12BrIN2O/c14-12-4-3-10(15)9-11(12)13(18)16-5-8-17-6-1-2-7-17/h1-4,6-7,9H,5,8H2,(H,16,18). The van der Waals surface area contributed by atoms with Gasteiger partial charge in [0.15, 0.2) is 0 Å². The molecular weight excluding hydrogens is 407 g/mol. The molecule has 0 saturated carbocycles. The third-order valence-corrected chi connectivity index (χ3v) is 3.86. The number of benzene rings is 1. The highest BCUT2D eigenvalue weighted by molar-refractivity contribution is 14.1. The fraction of sp³-hybridized carbons (Fsp3) is 0.154. The minimum atomic E-state index is -0.0486. The van der Waals surface area contributed by atoms with Crippen molar-refractivity contribution in [3.63, 3.8) is 0 Å². The molecule has 2 rings (SSSR count). The minimum absolute atomic E-state index is 0.0486. The van der Waals surface area contributed by atoms with E-state index >= 15 is 0 Å². The maximum absolute atomic E-state index is 12.0. The highest BCUT2D eigenvalue weighted by atomic mass is 127. The van der Waals surface area contributed by atoms with Crippen molar-refractivity contribution in [2.75, 3.05) is 6.54 Å². The molecular formula is C13H12BrIN2O. The van der Waals surface area contributed by atoms with Crippen molar-refractivity contribution in [2.24, 2.45) is 0 Å². The highest BCUT2D eigenvalue weighted by Gasteiger charge is 2.09. The van der Waals surface area contributed by atoms with Gasteiger partial charge in [-0.1, -0.05) is 0 Å². The molecule has 0 radical (unpaired) electrons. The first-order valence-electron chi connectivity index (χ1n) is 5.51. The molecule has 3 nitrogen and oxygen atoms in total. The first-order chi connectivity index (χ1) is 8.66. The van der Waals surface area contributed by atoms with E-state index in [1.165, 1.54) is 0 Å². The van der Waals surface area contributed by atoms with E-state index in [1.54, 1.807) is 0 Å². The number of hydrogen-bond acceptors (Lipinski definition) is 1. The van der Waals surface area contributed by atoms with Gasteiger partial charge in [0.05, 0.1) is 5.56 Å². The van der Waals surface area contributed by atoms with E-state index in [2.05, 4.69) is 43.8 Å². The van der Waals surface area contributed by atoms with E-state index in [-0.39, 0.29) is 5.91 Å². The van der Waals surface area contributed by atoms with Crippen LogP contribution in [0, 0.1) is 3.57 Å². The van der Waals surface area contributed by atoms with Crippen molar-refractivity contribution in [1.29, 1.82) is 0 Å². The summed E-state index contributed by atoms with van der Waals surface area (Å²) in [6.07, 6.45) is 3.96. The molecule has 0 bridgehead atoms. The first kappa shape index (κ1) is 13.6. The van der Waals surface area contributed by atoms with Crippen LogP contribution in [0.5, 0.6) is 0 Å². The molecule has 0 spiro atoms. The Labute approximate surface area is 128 Å². The van der Waals surface area contributed by atoms with Crippen LogP contribution in [0.4, 0.5) is 0 Å². The molecule has 0 aliphatic rings. The lowest BCUT2D eigenvalue weighted by atomic mass is 10.2. The van der Waals surface area contributed by atoms with Crippen molar-refractivity contribution in [2.45, 2.75) is 6.54 Å². The van der Waals surface area contributed by atoms with Crippen LogP contribution in [0.15, 0.2) is 47.2 Å². The van der Waals surface area contributed by atoms with Gasteiger partial charge in [-0.25, -0.2) is 0 Å². The number of hydrogen-bond donors (Lipinski definition) is 1. The molecule has 0 fully saturated rings. The van der Waals surface area contributed by atoms with Crippen LogP contribution in [0.25, 0.3) is 0 Å². The predicted molar refractivity (Wildman–Crippen MR) is 83.6 cm³/mol.